The molecule has 2 unspecified atom stereocenters. The predicted octanol–water partition coefficient (Wildman–Crippen LogP) is 4.10. The summed E-state index contributed by atoms with van der Waals surface area (Å²) in [6.07, 6.45) is 2.67. The molecule has 2 atom stereocenters. The summed E-state index contributed by atoms with van der Waals surface area (Å²) in [6, 6.07) is 14.9. The predicted molar refractivity (Wildman–Crippen MR) is 98.1 cm³/mol. The molecule has 1 aliphatic rings. The van der Waals surface area contributed by atoms with Crippen molar-refractivity contribution >= 4 is 9.84 Å². The Bertz CT molecular complexity index is 790. The highest BCUT2D eigenvalue weighted by atomic mass is 32.2. The number of hydrogen-bond acceptors (Lipinski definition) is 4. The van der Waals surface area contributed by atoms with Gasteiger partial charge in [-0.2, -0.15) is 0 Å². The summed E-state index contributed by atoms with van der Waals surface area (Å²) < 4.78 is 50.0. The van der Waals surface area contributed by atoms with Crippen molar-refractivity contribution in [3.05, 3.63) is 66.0 Å². The minimum absolute atomic E-state index is 0.0238. The van der Waals surface area contributed by atoms with Gasteiger partial charge in [-0.05, 0) is 49.1 Å². The maximum atomic E-state index is 12.9. The van der Waals surface area contributed by atoms with E-state index in [9.17, 15) is 12.8 Å². The van der Waals surface area contributed by atoms with Gasteiger partial charge >= 0.3 is 0 Å². The molecule has 140 valence electrons. The first-order valence-electron chi connectivity index (χ1n) is 8.82. The molecule has 4 nitrogen and oxygen atoms in total. The Kier molecular flexibility index (Phi) is 6.27. The molecule has 0 bridgehead atoms. The summed E-state index contributed by atoms with van der Waals surface area (Å²) in [5.41, 5.74) is -0.0496. The van der Waals surface area contributed by atoms with Crippen LogP contribution in [0.2, 0.25) is 0 Å². The first-order valence-corrected chi connectivity index (χ1v) is 10.5. The second-order valence-electron chi connectivity index (χ2n) is 6.53. The van der Waals surface area contributed by atoms with Crippen LogP contribution in [-0.2, 0) is 20.3 Å². The van der Waals surface area contributed by atoms with E-state index in [4.69, 9.17) is 9.47 Å². The molecule has 1 heterocycles. The van der Waals surface area contributed by atoms with Gasteiger partial charge in [0, 0.05) is 0 Å². The lowest BCUT2D eigenvalue weighted by Gasteiger charge is -2.22. The van der Waals surface area contributed by atoms with E-state index in [2.05, 4.69) is 0 Å². The lowest BCUT2D eigenvalue weighted by molar-refractivity contribution is 0.00486. The van der Waals surface area contributed by atoms with Crippen molar-refractivity contribution in [1.29, 1.82) is 0 Å². The maximum Gasteiger partial charge on any atom is 0.181 e. The number of rotatable bonds is 6. The van der Waals surface area contributed by atoms with Gasteiger partial charge in [0.25, 0.3) is 0 Å². The average molecular weight is 378 g/mol. The van der Waals surface area contributed by atoms with Gasteiger partial charge in [-0.25, -0.2) is 12.8 Å². The number of hydrogen-bond donors (Lipinski definition) is 0. The van der Waals surface area contributed by atoms with Crippen molar-refractivity contribution in [2.24, 2.45) is 0 Å². The molecule has 0 radical (unpaired) electrons. The van der Waals surface area contributed by atoms with E-state index in [1.54, 1.807) is 12.1 Å². The third-order valence-electron chi connectivity index (χ3n) is 4.42. The Morgan fingerprint density at radius 1 is 1.00 bits per heavy atom. The van der Waals surface area contributed by atoms with E-state index in [1.165, 1.54) is 12.1 Å². The summed E-state index contributed by atoms with van der Waals surface area (Å²) in [7, 11) is -3.41. The van der Waals surface area contributed by atoms with Crippen molar-refractivity contribution in [3.63, 3.8) is 0 Å². The zero-order valence-electron chi connectivity index (χ0n) is 14.5. The topological polar surface area (TPSA) is 52.6 Å². The summed E-state index contributed by atoms with van der Waals surface area (Å²) in [5.74, 6) is 0.197. The van der Waals surface area contributed by atoms with Crippen LogP contribution in [0.15, 0.2) is 54.6 Å². The number of ether oxygens (including phenoxy) is 2. The van der Waals surface area contributed by atoms with Gasteiger partial charge in [-0.1, -0.05) is 36.8 Å². The Balaban J connectivity index is 1.62. The zero-order valence-corrected chi connectivity index (χ0v) is 15.3. The molecule has 0 N–H and O–H groups in total. The van der Waals surface area contributed by atoms with Crippen molar-refractivity contribution in [1.82, 2.24) is 0 Å². The molecule has 0 saturated carbocycles. The van der Waals surface area contributed by atoms with Crippen LogP contribution < -0.4 is 4.74 Å². The van der Waals surface area contributed by atoms with Gasteiger partial charge in [0.1, 0.15) is 18.2 Å². The van der Waals surface area contributed by atoms with Crippen LogP contribution in [0.25, 0.3) is 0 Å². The van der Waals surface area contributed by atoms with E-state index >= 15 is 0 Å². The van der Waals surface area contributed by atoms with Crippen LogP contribution in [0.5, 0.6) is 5.75 Å². The molecule has 1 fully saturated rings. The molecule has 1 saturated heterocycles. The summed E-state index contributed by atoms with van der Waals surface area (Å²) in [6.45, 7) is 0.253. The summed E-state index contributed by atoms with van der Waals surface area (Å²) in [5, 5.41) is 0. The van der Waals surface area contributed by atoms with Gasteiger partial charge in [-0.3, -0.25) is 0 Å². The fraction of sp³-hybridized carbons (Fsp3) is 0.400. The molecule has 2 aromatic carbocycles. The highest BCUT2D eigenvalue weighted by Gasteiger charge is 2.31. The molecule has 0 amide bonds. The number of halogens is 1. The van der Waals surface area contributed by atoms with Gasteiger partial charge in [0.2, 0.25) is 0 Å². The molecule has 2 aromatic rings. The lowest BCUT2D eigenvalue weighted by atomic mass is 10.1. The van der Waals surface area contributed by atoms with Crippen LogP contribution in [0.4, 0.5) is 4.39 Å². The van der Waals surface area contributed by atoms with Crippen LogP contribution in [-0.4, -0.2) is 26.6 Å². The van der Waals surface area contributed by atoms with Gasteiger partial charge in [-0.15, -0.1) is 0 Å². The van der Waals surface area contributed by atoms with Crippen molar-refractivity contribution < 1.29 is 22.3 Å². The zero-order chi connectivity index (χ0) is 18.4. The molecule has 26 heavy (non-hydrogen) atoms. The summed E-state index contributed by atoms with van der Waals surface area (Å²) >= 11 is 0. The molecule has 0 spiro atoms. The van der Waals surface area contributed by atoms with E-state index in [0.717, 1.165) is 24.8 Å². The van der Waals surface area contributed by atoms with E-state index in [-0.39, 0.29) is 24.3 Å². The Hall–Kier alpha value is -1.92. The SMILES string of the molecule is O=S(=O)(Cc1ccccc1)C1CCCCC(COc2ccc(F)cc2)O1. The quantitative estimate of drug-likeness (QED) is 0.759. The monoisotopic (exact) mass is 378 g/mol. The molecule has 0 aliphatic carbocycles. The molecule has 1 aliphatic heterocycles. The highest BCUT2D eigenvalue weighted by molar-refractivity contribution is 7.91. The minimum Gasteiger partial charge on any atom is -0.491 e. The number of benzene rings is 2. The minimum atomic E-state index is -3.41. The van der Waals surface area contributed by atoms with Gasteiger partial charge in [0.05, 0.1) is 11.9 Å². The van der Waals surface area contributed by atoms with Crippen LogP contribution in [0.1, 0.15) is 31.2 Å². The van der Waals surface area contributed by atoms with Crippen molar-refractivity contribution in [2.75, 3.05) is 6.61 Å². The van der Waals surface area contributed by atoms with Gasteiger partial charge < -0.3 is 9.47 Å². The summed E-state index contributed by atoms with van der Waals surface area (Å²) in [4.78, 5) is 0. The Labute approximate surface area is 153 Å². The third kappa shape index (κ3) is 5.29. The maximum absolute atomic E-state index is 12.9. The largest absolute Gasteiger partial charge is 0.491 e. The normalized spacial score (nSPS) is 21.1. The third-order valence-corrected chi connectivity index (χ3v) is 6.30. The molecule has 3 rings (SSSR count). The first-order chi connectivity index (χ1) is 12.5. The second kappa shape index (κ2) is 8.64. The number of sulfone groups is 1. The van der Waals surface area contributed by atoms with Crippen molar-refractivity contribution in [3.8, 4) is 5.75 Å². The van der Waals surface area contributed by atoms with E-state index in [1.807, 2.05) is 30.3 Å². The van der Waals surface area contributed by atoms with Crippen molar-refractivity contribution in [2.45, 2.75) is 43.0 Å². The van der Waals surface area contributed by atoms with E-state index in [0.29, 0.717) is 12.2 Å². The first kappa shape index (κ1) is 18.9. The lowest BCUT2D eigenvalue weighted by Crippen LogP contribution is -2.32. The smallest absolute Gasteiger partial charge is 0.181 e. The average Bonchev–Trinajstić information content (AvgIpc) is 2.88. The molecular formula is C20H23FO4S. The standard InChI is InChI=1S/C20H23FO4S/c21-17-10-12-18(13-11-17)24-14-19-8-4-5-9-20(25-19)26(22,23)15-16-6-2-1-3-7-16/h1-3,6-7,10-13,19-20H,4-5,8-9,14-15H2. The van der Waals surface area contributed by atoms with Gasteiger partial charge in [0.15, 0.2) is 15.3 Å². The fourth-order valence-electron chi connectivity index (χ4n) is 3.04. The fourth-order valence-corrected chi connectivity index (χ4v) is 4.74. The molecule has 0 aromatic heterocycles. The molecular weight excluding hydrogens is 355 g/mol. The van der Waals surface area contributed by atoms with E-state index < -0.39 is 15.3 Å². The Morgan fingerprint density at radius 3 is 2.42 bits per heavy atom. The van der Waals surface area contributed by atoms with Crippen LogP contribution >= 0.6 is 0 Å². The highest BCUT2D eigenvalue weighted by Crippen LogP contribution is 2.25. The van der Waals surface area contributed by atoms with Crippen LogP contribution in [0.3, 0.4) is 0 Å². The molecule has 6 heteroatoms. The Morgan fingerprint density at radius 2 is 1.69 bits per heavy atom. The second-order valence-corrected chi connectivity index (χ2v) is 8.67. The van der Waals surface area contributed by atoms with Crippen LogP contribution in [0, 0.1) is 5.82 Å².